The number of amides is 2. The van der Waals surface area contributed by atoms with E-state index in [4.69, 9.17) is 0 Å². The first-order valence-corrected chi connectivity index (χ1v) is 9.01. The van der Waals surface area contributed by atoms with Crippen LogP contribution in [0.4, 0.5) is 10.6 Å². The molecular formula is C19H29N5O. The highest BCUT2D eigenvalue weighted by Crippen LogP contribution is 2.26. The highest BCUT2D eigenvalue weighted by molar-refractivity contribution is 5.89. The van der Waals surface area contributed by atoms with Gasteiger partial charge >= 0.3 is 6.03 Å². The number of pyridine rings is 1. The van der Waals surface area contributed by atoms with E-state index < -0.39 is 0 Å². The summed E-state index contributed by atoms with van der Waals surface area (Å²) in [4.78, 5) is 18.7. The van der Waals surface area contributed by atoms with Gasteiger partial charge < -0.3 is 4.90 Å². The number of rotatable bonds is 7. The molecule has 0 saturated heterocycles. The van der Waals surface area contributed by atoms with Gasteiger partial charge in [-0.05, 0) is 37.8 Å². The standard InChI is InChI=1S/C19H29N5O/c1-6-16(7-2)24-18(14(4)12-21-24)22-19(25)23(5)17(8-3)15-10-9-11-20-13-15/h9-13,16-17H,6-8H2,1-5H3,(H,22,25)/t17-/m0/s1. The zero-order chi connectivity index (χ0) is 18.4. The first-order chi connectivity index (χ1) is 12.0. The molecule has 0 aliphatic rings. The highest BCUT2D eigenvalue weighted by atomic mass is 16.2. The Morgan fingerprint density at radius 1 is 1.24 bits per heavy atom. The summed E-state index contributed by atoms with van der Waals surface area (Å²) in [6.45, 7) is 8.32. The molecule has 0 saturated carbocycles. The average Bonchev–Trinajstić information content (AvgIpc) is 2.98. The number of carbonyl (C=O) groups excluding carboxylic acids is 1. The van der Waals surface area contributed by atoms with Crippen LogP contribution in [0.5, 0.6) is 0 Å². The molecule has 0 bridgehead atoms. The summed E-state index contributed by atoms with van der Waals surface area (Å²) in [6, 6.07) is 4.04. The van der Waals surface area contributed by atoms with Gasteiger partial charge in [0.05, 0.1) is 18.3 Å². The number of hydrogen-bond acceptors (Lipinski definition) is 3. The second-order valence-corrected chi connectivity index (χ2v) is 6.34. The van der Waals surface area contributed by atoms with Gasteiger partial charge in [0.1, 0.15) is 5.82 Å². The van der Waals surface area contributed by atoms with E-state index in [1.54, 1.807) is 11.1 Å². The molecule has 0 aromatic carbocycles. The van der Waals surface area contributed by atoms with Gasteiger partial charge in [0.15, 0.2) is 0 Å². The number of hydrogen-bond donors (Lipinski definition) is 1. The third-order valence-corrected chi connectivity index (χ3v) is 4.74. The molecular weight excluding hydrogens is 314 g/mol. The second-order valence-electron chi connectivity index (χ2n) is 6.34. The van der Waals surface area contributed by atoms with Crippen LogP contribution in [0.15, 0.2) is 30.7 Å². The number of carbonyl (C=O) groups is 1. The fourth-order valence-electron chi connectivity index (χ4n) is 3.15. The molecule has 0 unspecified atom stereocenters. The molecule has 2 rings (SSSR count). The predicted octanol–water partition coefficient (Wildman–Crippen LogP) is 4.56. The van der Waals surface area contributed by atoms with Crippen LogP contribution in [0.3, 0.4) is 0 Å². The van der Waals surface area contributed by atoms with Crippen molar-refractivity contribution in [2.24, 2.45) is 0 Å². The van der Waals surface area contributed by atoms with Gasteiger partial charge in [0, 0.05) is 25.0 Å². The molecule has 2 heterocycles. The first-order valence-electron chi connectivity index (χ1n) is 9.01. The molecule has 0 spiro atoms. The van der Waals surface area contributed by atoms with Crippen LogP contribution in [0, 0.1) is 6.92 Å². The lowest BCUT2D eigenvalue weighted by Crippen LogP contribution is -2.35. The molecule has 0 fully saturated rings. The number of nitrogens with one attached hydrogen (secondary N) is 1. The van der Waals surface area contributed by atoms with Crippen molar-refractivity contribution < 1.29 is 4.79 Å². The summed E-state index contributed by atoms with van der Waals surface area (Å²) in [5.74, 6) is 0.784. The summed E-state index contributed by atoms with van der Waals surface area (Å²) in [5, 5.41) is 7.53. The van der Waals surface area contributed by atoms with E-state index in [-0.39, 0.29) is 18.1 Å². The second kappa shape index (κ2) is 8.65. The van der Waals surface area contributed by atoms with Crippen LogP contribution >= 0.6 is 0 Å². The first kappa shape index (κ1) is 19.0. The van der Waals surface area contributed by atoms with Gasteiger partial charge in [-0.3, -0.25) is 10.3 Å². The van der Waals surface area contributed by atoms with E-state index in [9.17, 15) is 4.79 Å². The van der Waals surface area contributed by atoms with Crippen LogP contribution in [-0.2, 0) is 0 Å². The maximum atomic E-state index is 12.8. The summed E-state index contributed by atoms with van der Waals surface area (Å²) >= 11 is 0. The Morgan fingerprint density at radius 2 is 1.96 bits per heavy atom. The minimum atomic E-state index is -0.133. The van der Waals surface area contributed by atoms with E-state index in [1.165, 1.54) is 0 Å². The maximum Gasteiger partial charge on any atom is 0.323 e. The van der Waals surface area contributed by atoms with Crippen LogP contribution in [0.25, 0.3) is 0 Å². The van der Waals surface area contributed by atoms with Gasteiger partial charge in [-0.1, -0.05) is 26.8 Å². The summed E-state index contributed by atoms with van der Waals surface area (Å²) < 4.78 is 1.94. The molecule has 0 aliphatic carbocycles. The smallest absolute Gasteiger partial charge is 0.320 e. The molecule has 6 nitrogen and oxygen atoms in total. The van der Waals surface area contributed by atoms with Gasteiger partial charge in [0.2, 0.25) is 0 Å². The number of nitrogens with zero attached hydrogens (tertiary/aromatic N) is 4. The number of urea groups is 1. The molecule has 1 N–H and O–H groups in total. The fourth-order valence-corrected chi connectivity index (χ4v) is 3.15. The van der Waals surface area contributed by atoms with Crippen molar-refractivity contribution in [1.82, 2.24) is 19.7 Å². The highest BCUT2D eigenvalue weighted by Gasteiger charge is 2.23. The zero-order valence-electron chi connectivity index (χ0n) is 15.9. The van der Waals surface area contributed by atoms with Gasteiger partial charge in [-0.2, -0.15) is 5.10 Å². The number of aryl methyl sites for hydroxylation is 1. The van der Waals surface area contributed by atoms with Crippen LogP contribution in [0.2, 0.25) is 0 Å². The van der Waals surface area contributed by atoms with Gasteiger partial charge in [-0.25, -0.2) is 9.48 Å². The minimum Gasteiger partial charge on any atom is -0.320 e. The molecule has 6 heteroatoms. The van der Waals surface area contributed by atoms with E-state index in [1.807, 2.05) is 43.2 Å². The summed E-state index contributed by atoms with van der Waals surface area (Å²) in [7, 11) is 1.82. The molecule has 25 heavy (non-hydrogen) atoms. The minimum absolute atomic E-state index is 0.0153. The summed E-state index contributed by atoms with van der Waals surface area (Å²) in [6.07, 6.45) is 8.14. The van der Waals surface area contributed by atoms with Crippen molar-refractivity contribution in [1.29, 1.82) is 0 Å². The quantitative estimate of drug-likeness (QED) is 0.801. The van der Waals surface area contributed by atoms with Crippen molar-refractivity contribution in [3.05, 3.63) is 41.9 Å². The van der Waals surface area contributed by atoms with E-state index in [2.05, 4.69) is 36.2 Å². The predicted molar refractivity (Wildman–Crippen MR) is 101 cm³/mol. The zero-order valence-corrected chi connectivity index (χ0v) is 15.9. The Morgan fingerprint density at radius 3 is 2.52 bits per heavy atom. The molecule has 2 aromatic rings. The molecule has 0 aliphatic heterocycles. The molecule has 0 radical (unpaired) electrons. The third-order valence-electron chi connectivity index (χ3n) is 4.74. The molecule has 2 aromatic heterocycles. The Balaban J connectivity index is 2.20. The van der Waals surface area contributed by atoms with Crippen molar-refractivity contribution in [3.63, 3.8) is 0 Å². The normalized spacial score (nSPS) is 12.2. The van der Waals surface area contributed by atoms with Gasteiger partial charge in [-0.15, -0.1) is 0 Å². The maximum absolute atomic E-state index is 12.8. The summed E-state index contributed by atoms with van der Waals surface area (Å²) in [5.41, 5.74) is 2.01. The van der Waals surface area contributed by atoms with Crippen LogP contribution in [-0.4, -0.2) is 32.7 Å². The SMILES string of the molecule is CCC(CC)n1ncc(C)c1NC(=O)N(C)[C@@H](CC)c1cccnc1. The molecule has 2 amide bonds. The largest absolute Gasteiger partial charge is 0.323 e. The lowest BCUT2D eigenvalue weighted by Gasteiger charge is -2.28. The topological polar surface area (TPSA) is 63.1 Å². The Bertz CT molecular complexity index is 678. The lowest BCUT2D eigenvalue weighted by molar-refractivity contribution is 0.202. The van der Waals surface area contributed by atoms with Crippen molar-refractivity contribution in [3.8, 4) is 0 Å². The molecule has 1 atom stereocenters. The van der Waals surface area contributed by atoms with Crippen LogP contribution < -0.4 is 5.32 Å². The number of aromatic nitrogens is 3. The lowest BCUT2D eigenvalue weighted by atomic mass is 10.1. The Kier molecular flexibility index (Phi) is 6.56. The monoisotopic (exact) mass is 343 g/mol. The van der Waals surface area contributed by atoms with Crippen molar-refractivity contribution in [2.45, 2.75) is 59.0 Å². The van der Waals surface area contributed by atoms with Crippen molar-refractivity contribution >= 4 is 11.8 Å². The van der Waals surface area contributed by atoms with E-state index in [0.29, 0.717) is 0 Å². The van der Waals surface area contributed by atoms with E-state index >= 15 is 0 Å². The van der Waals surface area contributed by atoms with Crippen molar-refractivity contribution in [2.75, 3.05) is 12.4 Å². The third kappa shape index (κ3) is 4.18. The van der Waals surface area contributed by atoms with Crippen LogP contribution in [0.1, 0.15) is 63.2 Å². The Labute approximate surface area is 150 Å². The average molecular weight is 343 g/mol. The molecule has 136 valence electrons. The van der Waals surface area contributed by atoms with E-state index in [0.717, 1.165) is 36.2 Å². The number of anilines is 1. The van der Waals surface area contributed by atoms with Gasteiger partial charge in [0.25, 0.3) is 0 Å². The fraction of sp³-hybridized carbons (Fsp3) is 0.526. The Hall–Kier alpha value is -2.37.